The van der Waals surface area contributed by atoms with Crippen LogP contribution in [0.1, 0.15) is 93.9 Å². The molecule has 0 aliphatic heterocycles. The summed E-state index contributed by atoms with van der Waals surface area (Å²) in [6.07, 6.45) is 4.67. The highest BCUT2D eigenvalue weighted by Gasteiger charge is 2.64. The molecule has 38 heavy (non-hydrogen) atoms. The van der Waals surface area contributed by atoms with Crippen molar-refractivity contribution < 1.29 is 38.1 Å². The van der Waals surface area contributed by atoms with Gasteiger partial charge in [-0.25, -0.2) is 9.59 Å². The number of allylic oxidation sites excluding steroid dienone is 2. The lowest BCUT2D eigenvalue weighted by Crippen LogP contribution is -2.60. The molecule has 8 heteroatoms. The summed E-state index contributed by atoms with van der Waals surface area (Å²) in [5.74, 6) is -1.12. The molecule has 0 aromatic heterocycles. The van der Waals surface area contributed by atoms with E-state index in [0.29, 0.717) is 31.6 Å². The fraction of sp³-hybridized carbons (Fsp3) is 0.800. The number of hydrogen-bond acceptors (Lipinski definition) is 8. The van der Waals surface area contributed by atoms with Crippen molar-refractivity contribution >= 4 is 24.2 Å². The molecule has 1 spiro atoms. The molecule has 0 aromatic rings. The van der Waals surface area contributed by atoms with E-state index in [-0.39, 0.29) is 36.4 Å². The van der Waals surface area contributed by atoms with Crippen molar-refractivity contribution in [2.24, 2.45) is 45.8 Å². The van der Waals surface area contributed by atoms with E-state index in [9.17, 15) is 19.2 Å². The Morgan fingerprint density at radius 1 is 0.947 bits per heavy atom. The van der Waals surface area contributed by atoms with Crippen molar-refractivity contribution in [1.82, 2.24) is 0 Å². The molecule has 0 bridgehead atoms. The predicted molar refractivity (Wildman–Crippen MR) is 141 cm³/mol. The Hall–Kier alpha value is -2.38. The van der Waals surface area contributed by atoms with Crippen molar-refractivity contribution in [2.75, 3.05) is 13.2 Å². The summed E-state index contributed by atoms with van der Waals surface area (Å²) in [6, 6.07) is 0. The summed E-state index contributed by atoms with van der Waals surface area (Å²) in [5, 5.41) is 0. The minimum absolute atomic E-state index is 0.00441. The Kier molecular flexibility index (Phi) is 9.04. The van der Waals surface area contributed by atoms with Crippen molar-refractivity contribution in [3.63, 3.8) is 0 Å². The molecule has 3 rings (SSSR count). The number of carbonyl (C=O) groups excluding carboxylic acids is 4. The molecule has 0 heterocycles. The van der Waals surface area contributed by atoms with Gasteiger partial charge in [-0.1, -0.05) is 52.7 Å². The first-order valence-corrected chi connectivity index (χ1v) is 14.3. The van der Waals surface area contributed by atoms with Gasteiger partial charge in [0, 0.05) is 5.41 Å². The van der Waals surface area contributed by atoms with Gasteiger partial charge in [-0.05, 0) is 82.0 Å². The summed E-state index contributed by atoms with van der Waals surface area (Å²) >= 11 is 0. The maximum atomic E-state index is 13.5. The number of ether oxygens (including phenoxy) is 4. The fourth-order valence-electron chi connectivity index (χ4n) is 8.18. The maximum absolute atomic E-state index is 13.5. The van der Waals surface area contributed by atoms with E-state index < -0.39 is 41.0 Å². The third-order valence-corrected chi connectivity index (χ3v) is 10.2. The van der Waals surface area contributed by atoms with Gasteiger partial charge in [-0.15, -0.1) is 0 Å². The van der Waals surface area contributed by atoms with Crippen LogP contribution in [-0.4, -0.2) is 37.5 Å². The Bertz CT molecular complexity index is 969. The number of rotatable bonds is 5. The van der Waals surface area contributed by atoms with Gasteiger partial charge in [0.1, 0.15) is 0 Å². The topological polar surface area (TPSA) is 105 Å². The van der Waals surface area contributed by atoms with Gasteiger partial charge in [0.25, 0.3) is 0 Å². The highest BCUT2D eigenvalue weighted by Crippen LogP contribution is 2.68. The van der Waals surface area contributed by atoms with E-state index in [1.807, 2.05) is 6.92 Å². The van der Waals surface area contributed by atoms with Crippen LogP contribution in [0.25, 0.3) is 0 Å². The fourth-order valence-corrected chi connectivity index (χ4v) is 8.18. The van der Waals surface area contributed by atoms with Crippen LogP contribution < -0.4 is 0 Å². The second kappa shape index (κ2) is 11.4. The van der Waals surface area contributed by atoms with Crippen LogP contribution in [0.3, 0.4) is 0 Å². The lowest BCUT2D eigenvalue weighted by Gasteiger charge is -2.63. The van der Waals surface area contributed by atoms with Gasteiger partial charge in [-0.2, -0.15) is 0 Å². The summed E-state index contributed by atoms with van der Waals surface area (Å²) in [4.78, 5) is 51.0. The molecule has 8 nitrogen and oxygen atoms in total. The molecule has 0 aromatic carbocycles. The summed E-state index contributed by atoms with van der Waals surface area (Å²) in [5.41, 5.74) is -0.354. The Morgan fingerprint density at radius 3 is 2.13 bits per heavy atom. The molecule has 3 aliphatic carbocycles. The zero-order valence-electron chi connectivity index (χ0n) is 24.4. The standard InChI is InChI=1S/C30H46O8/c1-9-35-26(33)37-24(31)22-16-19(5)21(18(3)4)17-30(22)15-12-23-28(7,20(30)6)13-11-14-29(23,8)25(32)38-27(34)36-10-2/h17-20,22-23H,9-16H2,1-8H3. The van der Waals surface area contributed by atoms with Crippen LogP contribution in [0.5, 0.6) is 0 Å². The molecule has 0 N–H and O–H groups in total. The monoisotopic (exact) mass is 534 g/mol. The second-order valence-corrected chi connectivity index (χ2v) is 12.4. The lowest BCUT2D eigenvalue weighted by molar-refractivity contribution is -0.184. The average Bonchev–Trinajstić information content (AvgIpc) is 2.83. The molecule has 214 valence electrons. The van der Waals surface area contributed by atoms with Gasteiger partial charge in [0.15, 0.2) is 0 Å². The van der Waals surface area contributed by atoms with Crippen LogP contribution in [-0.2, 0) is 28.5 Å². The van der Waals surface area contributed by atoms with Crippen molar-refractivity contribution in [3.05, 3.63) is 11.6 Å². The van der Waals surface area contributed by atoms with E-state index >= 15 is 0 Å². The Labute approximate surface area is 227 Å². The van der Waals surface area contributed by atoms with Gasteiger partial charge in [0.05, 0.1) is 24.5 Å². The molecule has 0 radical (unpaired) electrons. The van der Waals surface area contributed by atoms with E-state index in [4.69, 9.17) is 18.9 Å². The molecule has 0 amide bonds. The third kappa shape index (κ3) is 5.24. The van der Waals surface area contributed by atoms with Gasteiger partial charge in [0.2, 0.25) is 0 Å². The first-order chi connectivity index (χ1) is 17.8. The highest BCUT2D eigenvalue weighted by molar-refractivity contribution is 5.86. The smallest absolute Gasteiger partial charge is 0.434 e. The van der Waals surface area contributed by atoms with Crippen LogP contribution >= 0.6 is 0 Å². The van der Waals surface area contributed by atoms with Crippen LogP contribution in [0, 0.1) is 45.8 Å². The van der Waals surface area contributed by atoms with E-state index in [1.54, 1.807) is 13.8 Å². The summed E-state index contributed by atoms with van der Waals surface area (Å²) in [6.45, 7) is 16.4. The molecule has 7 unspecified atom stereocenters. The molecular weight excluding hydrogens is 488 g/mol. The van der Waals surface area contributed by atoms with Gasteiger partial charge in [-0.3, -0.25) is 9.59 Å². The normalized spacial score (nSPS) is 36.6. The molecule has 2 saturated carbocycles. The van der Waals surface area contributed by atoms with E-state index in [1.165, 1.54) is 5.57 Å². The first kappa shape index (κ1) is 30.2. The third-order valence-electron chi connectivity index (χ3n) is 10.2. The second-order valence-electron chi connectivity index (χ2n) is 12.4. The molecule has 2 fully saturated rings. The van der Waals surface area contributed by atoms with Crippen molar-refractivity contribution in [1.29, 1.82) is 0 Å². The number of hydrogen-bond donors (Lipinski definition) is 0. The largest absolute Gasteiger partial charge is 0.516 e. The zero-order chi connectivity index (χ0) is 28.5. The molecule has 7 atom stereocenters. The van der Waals surface area contributed by atoms with Crippen molar-refractivity contribution in [2.45, 2.75) is 93.9 Å². The minimum atomic E-state index is -0.960. The SMILES string of the molecule is CCOC(=O)OC(=O)C1CC(C)C(C(C)C)=CC12CCC1C(C)(C(=O)OC(=O)OCC)CCCC1(C)C2C. The van der Waals surface area contributed by atoms with E-state index in [0.717, 1.165) is 12.8 Å². The van der Waals surface area contributed by atoms with Crippen LogP contribution in [0.2, 0.25) is 0 Å². The number of carbonyl (C=O) groups is 4. The van der Waals surface area contributed by atoms with Gasteiger partial charge >= 0.3 is 24.2 Å². The number of esters is 2. The quantitative estimate of drug-likeness (QED) is 0.214. The summed E-state index contributed by atoms with van der Waals surface area (Å²) in [7, 11) is 0. The maximum Gasteiger partial charge on any atom is 0.516 e. The molecular formula is C30H46O8. The lowest BCUT2D eigenvalue weighted by atomic mass is 9.40. The van der Waals surface area contributed by atoms with E-state index in [2.05, 4.69) is 40.7 Å². The van der Waals surface area contributed by atoms with Crippen LogP contribution in [0.4, 0.5) is 9.59 Å². The minimum Gasteiger partial charge on any atom is -0.434 e. The molecule has 0 saturated heterocycles. The van der Waals surface area contributed by atoms with Gasteiger partial charge < -0.3 is 18.9 Å². The Morgan fingerprint density at radius 2 is 1.55 bits per heavy atom. The predicted octanol–water partition coefficient (Wildman–Crippen LogP) is 6.85. The number of fused-ring (bicyclic) bond motifs is 1. The summed E-state index contributed by atoms with van der Waals surface area (Å²) < 4.78 is 20.2. The van der Waals surface area contributed by atoms with Crippen molar-refractivity contribution in [3.8, 4) is 0 Å². The highest BCUT2D eigenvalue weighted by atomic mass is 16.7. The molecule has 3 aliphatic rings. The average molecular weight is 535 g/mol. The first-order valence-electron chi connectivity index (χ1n) is 14.3. The zero-order valence-corrected chi connectivity index (χ0v) is 24.4. The van der Waals surface area contributed by atoms with Crippen LogP contribution in [0.15, 0.2) is 11.6 Å². The Balaban J connectivity index is 2.03.